The van der Waals surface area contributed by atoms with Crippen LogP contribution in [-0.2, 0) is 23.1 Å². The average Bonchev–Trinajstić information content (AvgIpc) is 3.52. The van der Waals surface area contributed by atoms with Gasteiger partial charge in [-0.2, -0.15) is 0 Å². The molecule has 0 saturated heterocycles. The van der Waals surface area contributed by atoms with E-state index in [9.17, 15) is 18.0 Å². The first-order valence-electron chi connectivity index (χ1n) is 12.8. The summed E-state index contributed by atoms with van der Waals surface area (Å²) in [6, 6.07) is 12.1. The number of pyridine rings is 1. The number of ketones is 1. The Labute approximate surface area is 234 Å². The number of halogens is 4. The van der Waals surface area contributed by atoms with Crippen molar-refractivity contribution in [2.45, 2.75) is 50.9 Å². The van der Waals surface area contributed by atoms with Crippen molar-refractivity contribution in [3.05, 3.63) is 100 Å². The monoisotopic (exact) mass is 566 g/mol. The smallest absolute Gasteiger partial charge is 0.267 e. The van der Waals surface area contributed by atoms with E-state index in [4.69, 9.17) is 11.6 Å². The number of aryl methyl sites for hydroxylation is 3. The van der Waals surface area contributed by atoms with Gasteiger partial charge in [-0.25, -0.2) is 33.1 Å². The van der Waals surface area contributed by atoms with Crippen molar-refractivity contribution in [1.82, 2.24) is 24.9 Å². The molecule has 40 heavy (non-hydrogen) atoms. The maximum Gasteiger partial charge on any atom is 0.267 e. The summed E-state index contributed by atoms with van der Waals surface area (Å²) >= 11 is 5.49. The van der Waals surface area contributed by atoms with Crippen molar-refractivity contribution < 1.29 is 18.0 Å². The molecule has 1 unspecified atom stereocenters. The standard InChI is InChI=1S/C24H21F3N4O.C5H5ClN2/c1-15-28-11-10-22(29-15)31-12-2-3-18-19(31)8-9-20(30-18)23(14-24(23,26)27)21(32)13-16-4-6-17(25)7-5-16;1-4-7-3-2-5(6)8-4/h4-11H,2-3,12-14H2,1H3;2-3H,1H3. The summed E-state index contributed by atoms with van der Waals surface area (Å²) in [4.78, 5) is 35.9. The quantitative estimate of drug-likeness (QED) is 0.277. The Balaban J connectivity index is 0.000000348. The van der Waals surface area contributed by atoms with Gasteiger partial charge in [0.15, 0.2) is 5.78 Å². The van der Waals surface area contributed by atoms with Crippen molar-refractivity contribution >= 4 is 28.9 Å². The van der Waals surface area contributed by atoms with Crippen LogP contribution < -0.4 is 4.90 Å². The van der Waals surface area contributed by atoms with Gasteiger partial charge in [-0.15, -0.1) is 0 Å². The maximum atomic E-state index is 14.6. The number of rotatable bonds is 5. The first-order valence-corrected chi connectivity index (χ1v) is 13.2. The summed E-state index contributed by atoms with van der Waals surface area (Å²) in [5.74, 6) is -2.11. The second-order valence-electron chi connectivity index (χ2n) is 9.82. The van der Waals surface area contributed by atoms with E-state index in [-0.39, 0.29) is 12.1 Å². The number of nitrogens with zero attached hydrogens (tertiary/aromatic N) is 6. The Hall–Kier alpha value is -3.92. The molecule has 3 aromatic heterocycles. The number of Topliss-reactive ketones (excluding diaryl/α,β-unsaturated/α-hetero) is 1. The number of fused-ring (bicyclic) bond motifs is 1. The minimum Gasteiger partial charge on any atom is -0.325 e. The molecule has 206 valence electrons. The topological polar surface area (TPSA) is 84.8 Å². The van der Waals surface area contributed by atoms with E-state index >= 15 is 0 Å². The molecule has 7 nitrogen and oxygen atoms in total. The Bertz CT molecular complexity index is 1530. The lowest BCUT2D eigenvalue weighted by Gasteiger charge is -2.30. The molecule has 4 aromatic rings. The third-order valence-electron chi connectivity index (χ3n) is 6.99. The predicted octanol–water partition coefficient (Wildman–Crippen LogP) is 5.93. The van der Waals surface area contributed by atoms with Gasteiger partial charge in [0.2, 0.25) is 0 Å². The Morgan fingerprint density at radius 2 is 1.62 bits per heavy atom. The summed E-state index contributed by atoms with van der Waals surface area (Å²) in [5, 5.41) is 0.498. The van der Waals surface area contributed by atoms with Crippen LogP contribution in [0.3, 0.4) is 0 Å². The van der Waals surface area contributed by atoms with Crippen LogP contribution in [0.25, 0.3) is 0 Å². The number of aromatic nitrogens is 5. The highest BCUT2D eigenvalue weighted by Crippen LogP contribution is 2.62. The van der Waals surface area contributed by atoms with Crippen LogP contribution in [0.5, 0.6) is 0 Å². The van der Waals surface area contributed by atoms with Gasteiger partial charge in [-0.3, -0.25) is 9.78 Å². The van der Waals surface area contributed by atoms with Crippen LogP contribution in [0.2, 0.25) is 5.15 Å². The molecule has 4 heterocycles. The molecular weight excluding hydrogens is 541 g/mol. The molecule has 1 saturated carbocycles. The van der Waals surface area contributed by atoms with Crippen molar-refractivity contribution in [1.29, 1.82) is 0 Å². The number of carbonyl (C=O) groups excluding carboxylic acids is 1. The van der Waals surface area contributed by atoms with E-state index in [1.807, 2.05) is 4.90 Å². The zero-order chi connectivity index (χ0) is 28.5. The lowest BCUT2D eigenvalue weighted by atomic mass is 9.90. The van der Waals surface area contributed by atoms with Crippen molar-refractivity contribution in [2.75, 3.05) is 11.4 Å². The number of hydrogen-bond acceptors (Lipinski definition) is 7. The lowest BCUT2D eigenvalue weighted by Crippen LogP contribution is -2.32. The van der Waals surface area contributed by atoms with E-state index in [0.717, 1.165) is 24.5 Å². The molecule has 1 atom stereocenters. The highest BCUT2D eigenvalue weighted by Gasteiger charge is 2.76. The third kappa shape index (κ3) is 5.54. The molecule has 11 heteroatoms. The fraction of sp³-hybridized carbons (Fsp3) is 0.310. The Morgan fingerprint density at radius 1 is 0.950 bits per heavy atom. The first kappa shape index (κ1) is 27.6. The van der Waals surface area contributed by atoms with Gasteiger partial charge in [0.05, 0.1) is 17.1 Å². The van der Waals surface area contributed by atoms with Crippen LogP contribution in [0.1, 0.15) is 41.4 Å². The van der Waals surface area contributed by atoms with Gasteiger partial charge in [-0.05, 0) is 68.7 Å². The van der Waals surface area contributed by atoms with Crippen LogP contribution in [0.15, 0.2) is 60.9 Å². The number of anilines is 2. The molecule has 1 aliphatic heterocycles. The van der Waals surface area contributed by atoms with Gasteiger partial charge in [0.25, 0.3) is 5.92 Å². The highest BCUT2D eigenvalue weighted by atomic mass is 35.5. The molecule has 1 aromatic carbocycles. The Kier molecular flexibility index (Phi) is 7.55. The molecule has 0 spiro atoms. The molecule has 1 aliphatic carbocycles. The second kappa shape index (κ2) is 10.9. The Morgan fingerprint density at radius 3 is 2.23 bits per heavy atom. The number of alkyl halides is 2. The third-order valence-corrected chi connectivity index (χ3v) is 7.20. The highest BCUT2D eigenvalue weighted by molar-refractivity contribution is 6.29. The van der Waals surface area contributed by atoms with Gasteiger partial charge in [-0.1, -0.05) is 23.7 Å². The number of benzene rings is 1. The van der Waals surface area contributed by atoms with E-state index in [0.29, 0.717) is 34.5 Å². The molecular formula is C29H26ClF3N6O. The first-order chi connectivity index (χ1) is 19.1. The van der Waals surface area contributed by atoms with Gasteiger partial charge >= 0.3 is 0 Å². The zero-order valence-electron chi connectivity index (χ0n) is 21.9. The van der Waals surface area contributed by atoms with Crippen LogP contribution in [0, 0.1) is 19.7 Å². The summed E-state index contributed by atoms with van der Waals surface area (Å²) in [6.45, 7) is 4.34. The van der Waals surface area contributed by atoms with Crippen LogP contribution >= 0.6 is 11.6 Å². The minimum absolute atomic E-state index is 0.106. The van der Waals surface area contributed by atoms with E-state index < -0.39 is 29.4 Å². The second-order valence-corrected chi connectivity index (χ2v) is 10.2. The van der Waals surface area contributed by atoms with Crippen molar-refractivity contribution in [2.24, 2.45) is 0 Å². The number of hydrogen-bond donors (Lipinski definition) is 0. The SMILES string of the molecule is Cc1nccc(Cl)n1.Cc1nccc(N2CCCc3nc(C4(C(=O)Cc5ccc(F)cc5)CC4(F)F)ccc32)n1. The van der Waals surface area contributed by atoms with Crippen LogP contribution in [0.4, 0.5) is 24.7 Å². The molecule has 0 radical (unpaired) electrons. The molecule has 0 N–H and O–H groups in total. The largest absolute Gasteiger partial charge is 0.325 e. The van der Waals surface area contributed by atoms with Gasteiger partial charge in [0.1, 0.15) is 33.9 Å². The molecule has 2 aliphatic rings. The van der Waals surface area contributed by atoms with Crippen LogP contribution in [-0.4, -0.2) is 43.2 Å². The molecule has 6 rings (SSSR count). The molecule has 1 fully saturated rings. The predicted molar refractivity (Wildman–Crippen MR) is 144 cm³/mol. The zero-order valence-corrected chi connectivity index (χ0v) is 22.7. The van der Waals surface area contributed by atoms with Gasteiger partial charge in [0, 0.05) is 31.8 Å². The van der Waals surface area contributed by atoms with E-state index in [1.165, 1.54) is 30.3 Å². The summed E-state index contributed by atoms with van der Waals surface area (Å²) in [5.41, 5.74) is 0.171. The minimum atomic E-state index is -3.15. The van der Waals surface area contributed by atoms with E-state index in [1.54, 1.807) is 44.4 Å². The fourth-order valence-electron chi connectivity index (χ4n) is 4.90. The van der Waals surface area contributed by atoms with Crippen molar-refractivity contribution in [3.8, 4) is 0 Å². The summed E-state index contributed by atoms with van der Waals surface area (Å²) in [6.07, 6.45) is 3.99. The summed E-state index contributed by atoms with van der Waals surface area (Å²) < 4.78 is 42.4. The lowest BCUT2D eigenvalue weighted by molar-refractivity contribution is -0.123. The molecule has 0 amide bonds. The summed E-state index contributed by atoms with van der Waals surface area (Å²) in [7, 11) is 0. The fourth-order valence-corrected chi connectivity index (χ4v) is 5.08. The van der Waals surface area contributed by atoms with Crippen molar-refractivity contribution in [3.63, 3.8) is 0 Å². The van der Waals surface area contributed by atoms with E-state index in [2.05, 4.69) is 24.9 Å². The molecule has 0 bridgehead atoms. The maximum absolute atomic E-state index is 14.6. The normalized spacial score (nSPS) is 18.8. The average molecular weight is 567 g/mol. The number of carbonyl (C=O) groups is 1. The van der Waals surface area contributed by atoms with Gasteiger partial charge < -0.3 is 4.90 Å².